The summed E-state index contributed by atoms with van der Waals surface area (Å²) in [6.07, 6.45) is 5.49. The fourth-order valence-corrected chi connectivity index (χ4v) is 6.84. The molecule has 1 saturated carbocycles. The van der Waals surface area contributed by atoms with Crippen LogP contribution in [-0.2, 0) is 13.4 Å². The highest BCUT2D eigenvalue weighted by atomic mass is 16.3. The van der Waals surface area contributed by atoms with Gasteiger partial charge in [0.1, 0.15) is 18.2 Å². The van der Waals surface area contributed by atoms with Gasteiger partial charge in [-0.05, 0) is 91.2 Å². The van der Waals surface area contributed by atoms with E-state index in [9.17, 15) is 6.63 Å². The molecule has 7 rings (SSSR count). The van der Waals surface area contributed by atoms with E-state index >= 15 is 0 Å². The smallest absolute Gasteiger partial charge is 0.216 e. The molecule has 2 aliphatic carbocycles. The number of nitrogens with zero attached hydrogens (tertiary/aromatic N) is 2. The fourth-order valence-electron chi connectivity index (χ4n) is 6.84. The van der Waals surface area contributed by atoms with Gasteiger partial charge in [0.25, 0.3) is 0 Å². The molecule has 188 valence electrons. The highest BCUT2D eigenvalue weighted by Gasteiger charge is 2.32. The molecule has 5 aromatic rings. The van der Waals surface area contributed by atoms with Crippen LogP contribution in [0.3, 0.4) is 0 Å². The summed E-state index contributed by atoms with van der Waals surface area (Å²) in [6.45, 7) is 2.08. The lowest BCUT2D eigenvalue weighted by Crippen LogP contribution is -2.30. The third-order valence-corrected chi connectivity index (χ3v) is 8.67. The van der Waals surface area contributed by atoms with Gasteiger partial charge in [-0.1, -0.05) is 43.2 Å². The molecule has 38 heavy (non-hydrogen) atoms. The van der Waals surface area contributed by atoms with Crippen LogP contribution < -0.4 is 4.57 Å². The van der Waals surface area contributed by atoms with Crippen molar-refractivity contribution in [2.45, 2.75) is 57.7 Å². The molecule has 0 bridgehead atoms. The van der Waals surface area contributed by atoms with E-state index in [0.29, 0.717) is 40.7 Å². The van der Waals surface area contributed by atoms with Gasteiger partial charge in [-0.15, -0.1) is 0 Å². The van der Waals surface area contributed by atoms with Crippen molar-refractivity contribution < 1.29 is 13.1 Å². The third-order valence-electron chi connectivity index (χ3n) is 8.67. The van der Waals surface area contributed by atoms with Crippen molar-refractivity contribution in [3.63, 3.8) is 0 Å². The number of aryl methyl sites for hydroxylation is 2. The zero-order chi connectivity index (χ0) is 28.5. The first-order valence-electron chi connectivity index (χ1n) is 15.2. The average Bonchev–Trinajstić information content (AvgIpc) is 3.64. The lowest BCUT2D eigenvalue weighted by molar-refractivity contribution is -0.660. The van der Waals surface area contributed by atoms with Crippen molar-refractivity contribution in [1.29, 1.82) is 5.26 Å². The van der Waals surface area contributed by atoms with E-state index in [2.05, 4.69) is 35.8 Å². The van der Waals surface area contributed by atoms with Gasteiger partial charge in [-0.3, -0.25) is 0 Å². The average molecular weight is 501 g/mol. The predicted molar refractivity (Wildman–Crippen MR) is 153 cm³/mol. The first kappa shape index (κ1) is 20.1. The quantitative estimate of drug-likeness (QED) is 0.233. The molecule has 3 aromatic carbocycles. The largest absolute Gasteiger partial charge is 0.454 e. The number of hydrogen-bond donors (Lipinski definition) is 0. The van der Waals surface area contributed by atoms with Crippen molar-refractivity contribution >= 4 is 21.9 Å². The van der Waals surface area contributed by atoms with E-state index in [-0.39, 0.29) is 5.92 Å². The monoisotopic (exact) mass is 500 g/mol. The third kappa shape index (κ3) is 3.51. The standard InChI is InChI=1S/C35H33N2O/c1-22-16-18-29-30-19-17-24(21-36)33(35(30)38-34(29)32(22)31-15-5-6-20-37(31)2)28-14-8-12-26-25(11-7-13-27(26)28)23-9-3-4-10-23/h5-6,8,12,14-20,23,25H,3-4,7,9-11,13H2,1-2H3/q+1/i13D2,25D. The van der Waals surface area contributed by atoms with Crippen molar-refractivity contribution in [2.24, 2.45) is 13.0 Å². The van der Waals surface area contributed by atoms with E-state index in [1.165, 1.54) is 0 Å². The summed E-state index contributed by atoms with van der Waals surface area (Å²) in [4.78, 5) is 0. The maximum absolute atomic E-state index is 10.3. The number of rotatable bonds is 3. The molecule has 0 amide bonds. The topological polar surface area (TPSA) is 40.8 Å². The summed E-state index contributed by atoms with van der Waals surface area (Å²) in [5.41, 5.74) is 7.55. The molecular formula is C35H33N2O+. The van der Waals surface area contributed by atoms with Crippen LogP contribution in [-0.4, -0.2) is 0 Å². The highest BCUT2D eigenvalue weighted by Crippen LogP contribution is 2.48. The zero-order valence-electron chi connectivity index (χ0n) is 25.0. The van der Waals surface area contributed by atoms with E-state index in [0.717, 1.165) is 64.4 Å². The Labute approximate surface area is 228 Å². The molecule has 3 nitrogen and oxygen atoms in total. The molecule has 1 unspecified atom stereocenters. The molecule has 0 N–H and O–H groups in total. The molecule has 1 fully saturated rings. The Bertz CT molecular complexity index is 1890. The van der Waals surface area contributed by atoms with Crippen molar-refractivity contribution in [3.05, 3.63) is 89.1 Å². The number of furan rings is 1. The molecule has 0 saturated heterocycles. The van der Waals surface area contributed by atoms with Crippen LogP contribution in [0, 0.1) is 24.2 Å². The van der Waals surface area contributed by atoms with Crippen molar-refractivity contribution in [3.8, 4) is 28.5 Å². The molecule has 3 heteroatoms. The first-order valence-corrected chi connectivity index (χ1v) is 13.7. The van der Waals surface area contributed by atoms with Gasteiger partial charge in [-0.25, -0.2) is 4.57 Å². The number of pyridine rings is 1. The summed E-state index contributed by atoms with van der Waals surface area (Å²) in [6, 6.07) is 22.3. The number of aromatic nitrogens is 1. The second-order valence-corrected chi connectivity index (χ2v) is 10.8. The Balaban J connectivity index is 1.56. The number of hydrogen-bond acceptors (Lipinski definition) is 2. The highest BCUT2D eigenvalue weighted by molar-refractivity contribution is 6.14. The van der Waals surface area contributed by atoms with E-state index in [1.54, 1.807) is 0 Å². The SMILES string of the molecule is [2H]C1([2H])CCC([2H])(C2CCCC2)c2cccc(-c3c(C#N)ccc4c3oc3c(-c5cccc[n+]5C)c(C)ccc34)c21. The van der Waals surface area contributed by atoms with Crippen LogP contribution in [0.15, 0.2) is 71.3 Å². The van der Waals surface area contributed by atoms with E-state index in [4.69, 9.17) is 7.16 Å². The second kappa shape index (κ2) is 9.14. The summed E-state index contributed by atoms with van der Waals surface area (Å²) < 4.78 is 36.9. The summed E-state index contributed by atoms with van der Waals surface area (Å²) >= 11 is 0. The molecule has 0 aliphatic heterocycles. The van der Waals surface area contributed by atoms with Crippen LogP contribution in [0.1, 0.15) is 70.8 Å². The lowest BCUT2D eigenvalue weighted by atomic mass is 9.73. The van der Waals surface area contributed by atoms with Crippen LogP contribution in [0.4, 0.5) is 0 Å². The maximum Gasteiger partial charge on any atom is 0.216 e. The number of benzene rings is 3. The van der Waals surface area contributed by atoms with Crippen LogP contribution in [0.5, 0.6) is 0 Å². The Morgan fingerprint density at radius 2 is 1.71 bits per heavy atom. The minimum atomic E-state index is -1.62. The summed E-state index contributed by atoms with van der Waals surface area (Å²) in [7, 11) is 2.02. The summed E-state index contributed by atoms with van der Waals surface area (Å²) in [5.74, 6) is -0.601. The molecule has 0 radical (unpaired) electrons. The second-order valence-electron chi connectivity index (χ2n) is 10.8. The predicted octanol–water partition coefficient (Wildman–Crippen LogP) is 8.53. The van der Waals surface area contributed by atoms with Crippen molar-refractivity contribution in [1.82, 2.24) is 0 Å². The van der Waals surface area contributed by atoms with Gasteiger partial charge in [0.15, 0.2) is 6.20 Å². The first-order chi connectivity index (χ1) is 19.7. The normalized spacial score (nSPS) is 22.1. The minimum absolute atomic E-state index is 0.224. The molecule has 2 heterocycles. The zero-order valence-corrected chi connectivity index (χ0v) is 22.0. The van der Waals surface area contributed by atoms with E-state index in [1.807, 2.05) is 55.7 Å². The van der Waals surface area contributed by atoms with Gasteiger partial charge in [0, 0.05) is 32.6 Å². The Morgan fingerprint density at radius 3 is 2.50 bits per heavy atom. The number of nitriles is 1. The van der Waals surface area contributed by atoms with Crippen LogP contribution in [0.25, 0.3) is 44.3 Å². The van der Waals surface area contributed by atoms with Gasteiger partial charge in [0.2, 0.25) is 5.69 Å². The molecule has 2 aliphatic rings. The lowest BCUT2D eigenvalue weighted by Gasteiger charge is -2.31. The van der Waals surface area contributed by atoms with Crippen LogP contribution in [0.2, 0.25) is 0 Å². The van der Waals surface area contributed by atoms with E-state index < -0.39 is 12.3 Å². The molecule has 0 spiro atoms. The summed E-state index contributed by atoms with van der Waals surface area (Å²) in [5, 5.41) is 12.2. The van der Waals surface area contributed by atoms with Gasteiger partial charge in [-0.2, -0.15) is 5.26 Å². The molecule has 2 aromatic heterocycles. The van der Waals surface area contributed by atoms with Gasteiger partial charge in [0.05, 0.1) is 17.2 Å². The number of fused-ring (bicyclic) bond motifs is 4. The maximum atomic E-state index is 10.3. The Hall–Kier alpha value is -3.90. The van der Waals surface area contributed by atoms with Gasteiger partial charge >= 0.3 is 0 Å². The van der Waals surface area contributed by atoms with Crippen molar-refractivity contribution in [2.75, 3.05) is 0 Å². The van der Waals surface area contributed by atoms with Gasteiger partial charge < -0.3 is 4.42 Å². The molecule has 1 atom stereocenters. The Kier molecular flexibility index (Phi) is 4.84. The Morgan fingerprint density at radius 1 is 0.921 bits per heavy atom. The molecular weight excluding hydrogens is 464 g/mol. The van der Waals surface area contributed by atoms with Crippen LogP contribution >= 0.6 is 0 Å². The fraction of sp³-hybridized carbons (Fsp3) is 0.314. The minimum Gasteiger partial charge on any atom is -0.454 e.